The molecule has 1 aromatic rings. The van der Waals surface area contributed by atoms with Gasteiger partial charge in [0, 0.05) is 12.2 Å². The maximum Gasteiger partial charge on any atom is 0.253 e. The molecule has 0 fully saturated rings. The zero-order valence-corrected chi connectivity index (χ0v) is 9.74. The molecule has 1 unspecified atom stereocenters. The fraction of sp³-hybridized carbons (Fsp3) is 0.417. The molecule has 1 rings (SSSR count). The molecule has 1 amide bonds. The molecule has 0 spiro atoms. The smallest absolute Gasteiger partial charge is 0.253 e. The molecule has 1 aromatic carbocycles. The third-order valence-electron chi connectivity index (χ3n) is 2.34. The highest BCUT2D eigenvalue weighted by Gasteiger charge is 2.09. The van der Waals surface area contributed by atoms with Crippen LogP contribution in [0.15, 0.2) is 18.2 Å². The van der Waals surface area contributed by atoms with Crippen molar-refractivity contribution in [1.82, 2.24) is 5.32 Å². The molecule has 94 valence electrons. The van der Waals surface area contributed by atoms with Crippen LogP contribution < -0.4 is 11.1 Å². The summed E-state index contributed by atoms with van der Waals surface area (Å²) in [6.07, 6.45) is 0.937. The number of nitrogens with one attached hydrogen (secondary N) is 1. The molecule has 0 radical (unpaired) electrons. The maximum atomic E-state index is 12.8. The molecular weight excluding hydrogens is 223 g/mol. The molecule has 0 bridgehead atoms. The van der Waals surface area contributed by atoms with E-state index in [2.05, 4.69) is 5.32 Å². The van der Waals surface area contributed by atoms with E-state index in [1.165, 1.54) is 12.1 Å². The van der Waals surface area contributed by atoms with E-state index >= 15 is 0 Å². The Hall–Kier alpha value is -1.62. The number of nitrogen functional groups attached to an aromatic ring is 1. The summed E-state index contributed by atoms with van der Waals surface area (Å²) in [6, 6.07) is 3.67. The Labute approximate surface area is 99.6 Å². The van der Waals surface area contributed by atoms with Gasteiger partial charge in [0.05, 0.1) is 11.7 Å². The zero-order chi connectivity index (χ0) is 12.8. The molecule has 0 aliphatic carbocycles. The number of halogens is 1. The lowest BCUT2D eigenvalue weighted by Gasteiger charge is -2.08. The summed E-state index contributed by atoms with van der Waals surface area (Å²) in [5, 5.41) is 11.7. The van der Waals surface area contributed by atoms with Crippen LogP contribution in [0.4, 0.5) is 10.1 Å². The number of carbonyl (C=O) groups excluding carboxylic acids is 1. The molecule has 1 atom stereocenters. The molecule has 5 heteroatoms. The second-order valence-corrected chi connectivity index (χ2v) is 3.98. The number of nitrogens with two attached hydrogens (primary N) is 1. The van der Waals surface area contributed by atoms with E-state index in [1.54, 1.807) is 6.92 Å². The molecule has 0 aromatic heterocycles. The van der Waals surface area contributed by atoms with Gasteiger partial charge >= 0.3 is 0 Å². The number of aliphatic hydroxyl groups excluding tert-OH is 1. The van der Waals surface area contributed by atoms with Crippen LogP contribution in [0.5, 0.6) is 0 Å². The minimum Gasteiger partial charge on any atom is -0.398 e. The first-order valence-corrected chi connectivity index (χ1v) is 5.52. The summed E-state index contributed by atoms with van der Waals surface area (Å²) in [6.45, 7) is 2.15. The third-order valence-corrected chi connectivity index (χ3v) is 2.34. The van der Waals surface area contributed by atoms with Gasteiger partial charge in [0.25, 0.3) is 5.91 Å². The summed E-state index contributed by atoms with van der Waals surface area (Å²) < 4.78 is 12.8. The van der Waals surface area contributed by atoms with Crippen LogP contribution in [0.1, 0.15) is 30.1 Å². The van der Waals surface area contributed by atoms with E-state index in [9.17, 15) is 9.18 Å². The van der Waals surface area contributed by atoms with Gasteiger partial charge in [-0.05, 0) is 38.0 Å². The second kappa shape index (κ2) is 6.20. The number of hydrogen-bond acceptors (Lipinski definition) is 3. The molecular formula is C12H17FN2O2. The Bertz CT molecular complexity index is 394. The first kappa shape index (κ1) is 13.4. The fourth-order valence-electron chi connectivity index (χ4n) is 1.43. The monoisotopic (exact) mass is 240 g/mol. The van der Waals surface area contributed by atoms with E-state index in [0.717, 1.165) is 6.07 Å². The number of rotatable bonds is 5. The minimum absolute atomic E-state index is 0.123. The van der Waals surface area contributed by atoms with Gasteiger partial charge in [0.15, 0.2) is 0 Å². The Morgan fingerprint density at radius 3 is 2.88 bits per heavy atom. The highest BCUT2D eigenvalue weighted by Crippen LogP contribution is 2.13. The number of anilines is 1. The quantitative estimate of drug-likeness (QED) is 0.536. The van der Waals surface area contributed by atoms with Crippen molar-refractivity contribution in [3.05, 3.63) is 29.6 Å². The lowest BCUT2D eigenvalue weighted by atomic mass is 10.1. The lowest BCUT2D eigenvalue weighted by Crippen LogP contribution is -2.25. The predicted molar refractivity (Wildman–Crippen MR) is 64.1 cm³/mol. The molecule has 0 aliphatic heterocycles. The van der Waals surface area contributed by atoms with Crippen molar-refractivity contribution in [1.29, 1.82) is 0 Å². The van der Waals surface area contributed by atoms with E-state index in [-0.39, 0.29) is 23.3 Å². The van der Waals surface area contributed by atoms with Crippen LogP contribution in [0.25, 0.3) is 0 Å². The molecule has 17 heavy (non-hydrogen) atoms. The largest absolute Gasteiger partial charge is 0.398 e. The van der Waals surface area contributed by atoms with Crippen LogP contribution in [0.2, 0.25) is 0 Å². The highest BCUT2D eigenvalue weighted by atomic mass is 19.1. The number of carbonyl (C=O) groups is 1. The van der Waals surface area contributed by atoms with Crippen molar-refractivity contribution in [2.45, 2.75) is 25.9 Å². The second-order valence-electron chi connectivity index (χ2n) is 3.98. The average Bonchev–Trinajstić information content (AvgIpc) is 2.23. The maximum absolute atomic E-state index is 12.8. The first-order chi connectivity index (χ1) is 8.00. The molecule has 0 saturated carbocycles. The Balaban J connectivity index is 2.47. The number of amides is 1. The number of aliphatic hydroxyl groups is 1. The van der Waals surface area contributed by atoms with Crippen molar-refractivity contribution in [3.63, 3.8) is 0 Å². The van der Waals surface area contributed by atoms with Crippen LogP contribution in [-0.2, 0) is 0 Å². The van der Waals surface area contributed by atoms with Gasteiger partial charge in [0.2, 0.25) is 0 Å². The van der Waals surface area contributed by atoms with Crippen molar-refractivity contribution in [2.24, 2.45) is 0 Å². The van der Waals surface area contributed by atoms with Gasteiger partial charge in [-0.2, -0.15) is 0 Å². The van der Waals surface area contributed by atoms with Gasteiger partial charge < -0.3 is 16.2 Å². The summed E-state index contributed by atoms with van der Waals surface area (Å²) in [7, 11) is 0. The van der Waals surface area contributed by atoms with Crippen molar-refractivity contribution >= 4 is 11.6 Å². The first-order valence-electron chi connectivity index (χ1n) is 5.52. The van der Waals surface area contributed by atoms with Gasteiger partial charge in [0.1, 0.15) is 5.82 Å². The molecule has 0 heterocycles. The topological polar surface area (TPSA) is 75.3 Å². The van der Waals surface area contributed by atoms with Gasteiger partial charge in [-0.25, -0.2) is 4.39 Å². The van der Waals surface area contributed by atoms with E-state index in [4.69, 9.17) is 10.8 Å². The normalized spacial score (nSPS) is 12.2. The molecule has 0 aliphatic rings. The van der Waals surface area contributed by atoms with Crippen LogP contribution in [0, 0.1) is 5.82 Å². The van der Waals surface area contributed by atoms with Gasteiger partial charge in [-0.15, -0.1) is 0 Å². The van der Waals surface area contributed by atoms with Crippen LogP contribution in [-0.4, -0.2) is 23.7 Å². The van der Waals surface area contributed by atoms with Crippen LogP contribution >= 0.6 is 0 Å². The zero-order valence-electron chi connectivity index (χ0n) is 9.74. The highest BCUT2D eigenvalue weighted by molar-refractivity contribution is 5.99. The molecule has 0 saturated heterocycles. The van der Waals surface area contributed by atoms with Crippen molar-refractivity contribution < 1.29 is 14.3 Å². The van der Waals surface area contributed by atoms with Gasteiger partial charge in [-0.1, -0.05) is 0 Å². The Morgan fingerprint density at radius 1 is 1.59 bits per heavy atom. The standard InChI is InChI=1S/C12H17FN2O2/c1-8(16)3-2-6-15-12(17)10-5-4-9(13)7-11(10)14/h4-5,7-8,16H,2-3,6,14H2,1H3,(H,15,17). The third kappa shape index (κ3) is 4.40. The Morgan fingerprint density at radius 2 is 2.29 bits per heavy atom. The van der Waals surface area contributed by atoms with Gasteiger partial charge in [-0.3, -0.25) is 4.79 Å². The lowest BCUT2D eigenvalue weighted by molar-refractivity contribution is 0.0950. The van der Waals surface area contributed by atoms with Crippen molar-refractivity contribution in [2.75, 3.05) is 12.3 Å². The SMILES string of the molecule is CC(O)CCCNC(=O)c1ccc(F)cc1N. The van der Waals surface area contributed by atoms with E-state index < -0.39 is 5.82 Å². The fourth-order valence-corrected chi connectivity index (χ4v) is 1.43. The Kier molecular flexibility index (Phi) is 4.90. The summed E-state index contributed by atoms with van der Waals surface area (Å²) >= 11 is 0. The average molecular weight is 240 g/mol. The summed E-state index contributed by atoms with van der Waals surface area (Å²) in [4.78, 5) is 11.6. The number of benzene rings is 1. The minimum atomic E-state index is -0.465. The molecule has 4 N–H and O–H groups in total. The van der Waals surface area contributed by atoms with E-state index in [0.29, 0.717) is 19.4 Å². The van der Waals surface area contributed by atoms with Crippen molar-refractivity contribution in [3.8, 4) is 0 Å². The molecule has 4 nitrogen and oxygen atoms in total. The van der Waals surface area contributed by atoms with Crippen LogP contribution in [0.3, 0.4) is 0 Å². The number of hydrogen-bond donors (Lipinski definition) is 3. The van der Waals surface area contributed by atoms with E-state index in [1.807, 2.05) is 0 Å². The predicted octanol–water partition coefficient (Wildman–Crippen LogP) is 1.30. The summed E-state index contributed by atoms with van der Waals surface area (Å²) in [5.74, 6) is -0.791. The summed E-state index contributed by atoms with van der Waals surface area (Å²) in [5.41, 5.74) is 5.92.